The number of amidine groups is 1. The monoisotopic (exact) mass is 252 g/mol. The molecule has 17 heavy (non-hydrogen) atoms. The van der Waals surface area contributed by atoms with Crippen LogP contribution in [0.2, 0.25) is 0 Å². The predicted octanol–water partition coefficient (Wildman–Crippen LogP) is 0.840. The van der Waals surface area contributed by atoms with Gasteiger partial charge in [0.2, 0.25) is 0 Å². The van der Waals surface area contributed by atoms with Gasteiger partial charge in [-0.3, -0.25) is 0 Å². The summed E-state index contributed by atoms with van der Waals surface area (Å²) in [4.78, 5) is 1.31. The molecule has 0 N–H and O–H groups in total. The summed E-state index contributed by atoms with van der Waals surface area (Å²) < 4.78 is 40.6. The average molecular weight is 252 g/mol. The zero-order valence-corrected chi connectivity index (χ0v) is 9.83. The van der Waals surface area contributed by atoms with E-state index in [0.717, 1.165) is 0 Å². The molecule has 0 saturated carbocycles. The van der Waals surface area contributed by atoms with Crippen molar-refractivity contribution in [2.45, 2.75) is 4.90 Å². The Morgan fingerprint density at radius 3 is 2.88 bits per heavy atom. The number of nitrogens with zero attached hydrogens (tertiary/aromatic N) is 2. The molecule has 88 valence electrons. The summed E-state index contributed by atoms with van der Waals surface area (Å²) in [5, 5.41) is 0. The van der Waals surface area contributed by atoms with Gasteiger partial charge in [0, 0.05) is 7.05 Å². The van der Waals surface area contributed by atoms with E-state index < -0.39 is 15.8 Å². The Bertz CT molecular complexity index is 644. The maximum Gasteiger partial charge on any atom is 0.285 e. The van der Waals surface area contributed by atoms with Crippen molar-refractivity contribution < 1.29 is 12.8 Å². The van der Waals surface area contributed by atoms with E-state index in [0.29, 0.717) is 0 Å². The van der Waals surface area contributed by atoms with Crippen molar-refractivity contribution in [3.05, 3.63) is 29.6 Å². The van der Waals surface area contributed by atoms with Gasteiger partial charge in [-0.2, -0.15) is 8.42 Å². The Balaban J connectivity index is 2.65. The van der Waals surface area contributed by atoms with E-state index in [2.05, 4.69) is 10.3 Å². The molecular formula is C11H9FN2O2S. The molecule has 2 rings (SSSR count). The molecule has 1 aliphatic rings. The standard InChI is InChI=1S/C11H9FN2O2S/c1-3-7-14(2)11-10-8(12)5-4-6-9(10)17(15,16)13-11/h1,4-6H,7H2,2H3. The normalized spacial score (nSPS) is 15.9. The molecule has 1 aromatic carbocycles. The summed E-state index contributed by atoms with van der Waals surface area (Å²) in [5.41, 5.74) is -0.00903. The van der Waals surface area contributed by atoms with Crippen LogP contribution in [-0.2, 0) is 10.0 Å². The highest BCUT2D eigenvalue weighted by molar-refractivity contribution is 7.90. The summed E-state index contributed by atoms with van der Waals surface area (Å²) in [6.07, 6.45) is 5.13. The summed E-state index contributed by atoms with van der Waals surface area (Å²) in [5.74, 6) is 1.78. The molecule has 1 heterocycles. The van der Waals surface area contributed by atoms with Crippen molar-refractivity contribution in [3.8, 4) is 12.3 Å². The molecule has 4 nitrogen and oxygen atoms in total. The summed E-state index contributed by atoms with van der Waals surface area (Å²) in [6, 6.07) is 3.86. The smallest absolute Gasteiger partial charge is 0.285 e. The second-order valence-electron chi connectivity index (χ2n) is 3.56. The highest BCUT2D eigenvalue weighted by Gasteiger charge is 2.33. The van der Waals surface area contributed by atoms with Crippen molar-refractivity contribution in [1.82, 2.24) is 4.90 Å². The van der Waals surface area contributed by atoms with Crippen LogP contribution in [0, 0.1) is 18.2 Å². The van der Waals surface area contributed by atoms with Crippen molar-refractivity contribution >= 4 is 15.9 Å². The van der Waals surface area contributed by atoms with Gasteiger partial charge in [0.05, 0.1) is 12.1 Å². The molecule has 0 aromatic heterocycles. The third kappa shape index (κ3) is 1.78. The molecule has 0 atom stereocenters. The molecule has 0 aliphatic carbocycles. The number of terminal acetylenes is 1. The van der Waals surface area contributed by atoms with Crippen LogP contribution in [0.3, 0.4) is 0 Å². The van der Waals surface area contributed by atoms with E-state index >= 15 is 0 Å². The topological polar surface area (TPSA) is 49.7 Å². The molecule has 0 radical (unpaired) electrons. The summed E-state index contributed by atoms with van der Waals surface area (Å²) in [7, 11) is -2.24. The van der Waals surface area contributed by atoms with Crippen LogP contribution in [0.25, 0.3) is 0 Å². The molecule has 0 saturated heterocycles. The molecule has 6 heteroatoms. The molecule has 0 bridgehead atoms. The van der Waals surface area contributed by atoms with Gasteiger partial charge >= 0.3 is 0 Å². The third-order valence-electron chi connectivity index (χ3n) is 2.37. The number of hydrogen-bond donors (Lipinski definition) is 0. The van der Waals surface area contributed by atoms with Gasteiger partial charge in [-0.1, -0.05) is 12.0 Å². The van der Waals surface area contributed by atoms with E-state index in [9.17, 15) is 12.8 Å². The lowest BCUT2D eigenvalue weighted by molar-refractivity contribution is 0.564. The first kappa shape index (κ1) is 11.6. The van der Waals surface area contributed by atoms with Crippen molar-refractivity contribution in [3.63, 3.8) is 0 Å². The van der Waals surface area contributed by atoms with E-state index in [1.54, 1.807) is 7.05 Å². The number of halogens is 1. The van der Waals surface area contributed by atoms with Gasteiger partial charge in [0.1, 0.15) is 10.7 Å². The highest BCUT2D eigenvalue weighted by atomic mass is 32.2. The maximum atomic E-state index is 13.7. The first-order valence-electron chi connectivity index (χ1n) is 4.76. The fraction of sp³-hybridized carbons (Fsp3) is 0.182. The van der Waals surface area contributed by atoms with Crippen LogP contribution in [0.5, 0.6) is 0 Å². The second-order valence-corrected chi connectivity index (χ2v) is 5.14. The average Bonchev–Trinajstić information content (AvgIpc) is 2.53. The quantitative estimate of drug-likeness (QED) is 0.696. The van der Waals surface area contributed by atoms with Gasteiger partial charge in [0.15, 0.2) is 5.84 Å². The summed E-state index contributed by atoms with van der Waals surface area (Å²) >= 11 is 0. The Morgan fingerprint density at radius 1 is 1.53 bits per heavy atom. The minimum Gasteiger partial charge on any atom is -0.347 e. The summed E-state index contributed by atoms with van der Waals surface area (Å²) in [6.45, 7) is 0.155. The Kier molecular flexibility index (Phi) is 2.63. The van der Waals surface area contributed by atoms with E-state index in [1.807, 2.05) is 0 Å². The van der Waals surface area contributed by atoms with Crippen LogP contribution in [0.1, 0.15) is 5.56 Å². The molecule has 0 fully saturated rings. The molecular weight excluding hydrogens is 243 g/mol. The lowest BCUT2D eigenvalue weighted by Gasteiger charge is -2.15. The zero-order valence-electron chi connectivity index (χ0n) is 9.01. The number of sulfonamides is 1. The van der Waals surface area contributed by atoms with Gasteiger partial charge in [-0.15, -0.1) is 10.8 Å². The van der Waals surface area contributed by atoms with Crippen molar-refractivity contribution in [1.29, 1.82) is 0 Å². The SMILES string of the molecule is C#CCN(C)C1=NS(=O)(=O)c2cccc(F)c21. The lowest BCUT2D eigenvalue weighted by Crippen LogP contribution is -2.27. The van der Waals surface area contributed by atoms with Gasteiger partial charge in [0.25, 0.3) is 10.0 Å². The molecule has 1 aromatic rings. The minimum atomic E-state index is -3.80. The number of fused-ring (bicyclic) bond motifs is 1. The molecule has 1 aliphatic heterocycles. The van der Waals surface area contributed by atoms with Gasteiger partial charge in [-0.05, 0) is 12.1 Å². The fourth-order valence-electron chi connectivity index (χ4n) is 1.62. The molecule has 0 unspecified atom stereocenters. The second kappa shape index (κ2) is 3.86. The largest absolute Gasteiger partial charge is 0.347 e. The van der Waals surface area contributed by atoms with Gasteiger partial charge in [-0.25, -0.2) is 4.39 Å². The zero-order chi connectivity index (χ0) is 12.6. The molecule has 0 spiro atoms. The maximum absolute atomic E-state index is 13.7. The van der Waals surface area contributed by atoms with E-state index in [1.165, 1.54) is 23.1 Å². The van der Waals surface area contributed by atoms with Crippen LogP contribution < -0.4 is 0 Å². The van der Waals surface area contributed by atoms with E-state index in [4.69, 9.17) is 6.42 Å². The van der Waals surface area contributed by atoms with Crippen LogP contribution >= 0.6 is 0 Å². The highest BCUT2D eigenvalue weighted by Crippen LogP contribution is 2.29. The van der Waals surface area contributed by atoms with Crippen LogP contribution in [-0.4, -0.2) is 32.7 Å². The fourth-order valence-corrected chi connectivity index (χ4v) is 2.87. The van der Waals surface area contributed by atoms with Crippen LogP contribution in [0.15, 0.2) is 27.5 Å². The first-order valence-corrected chi connectivity index (χ1v) is 6.20. The van der Waals surface area contributed by atoms with Gasteiger partial charge < -0.3 is 4.90 Å². The predicted molar refractivity (Wildman–Crippen MR) is 61.6 cm³/mol. The van der Waals surface area contributed by atoms with Crippen LogP contribution in [0.4, 0.5) is 4.39 Å². The Hall–Kier alpha value is -1.87. The Morgan fingerprint density at radius 2 is 2.24 bits per heavy atom. The number of hydrogen-bond acceptors (Lipinski definition) is 3. The number of benzene rings is 1. The number of rotatable bonds is 1. The molecule has 0 amide bonds. The van der Waals surface area contributed by atoms with Crippen molar-refractivity contribution in [2.75, 3.05) is 13.6 Å². The van der Waals surface area contributed by atoms with E-state index in [-0.39, 0.29) is 22.8 Å². The minimum absolute atomic E-state index is 0.00903. The van der Waals surface area contributed by atoms with Crippen molar-refractivity contribution in [2.24, 2.45) is 4.40 Å². The lowest BCUT2D eigenvalue weighted by atomic mass is 10.2. The Labute approximate surface area is 98.8 Å². The first-order chi connectivity index (χ1) is 7.97. The third-order valence-corrected chi connectivity index (χ3v) is 3.68.